The van der Waals surface area contributed by atoms with Gasteiger partial charge >= 0.3 is 0 Å². The fraction of sp³-hybridized carbons (Fsp3) is 0.923. The highest BCUT2D eigenvalue weighted by molar-refractivity contribution is 5.80. The SMILES string of the molecule is CCCCCN(C(C)C)C(CC)CC(N)=NO. The Hall–Kier alpha value is -0.770. The zero-order valence-electron chi connectivity index (χ0n) is 11.8. The quantitative estimate of drug-likeness (QED) is 0.215. The summed E-state index contributed by atoms with van der Waals surface area (Å²) in [5.41, 5.74) is 5.62. The van der Waals surface area contributed by atoms with Crippen molar-refractivity contribution in [2.75, 3.05) is 6.54 Å². The van der Waals surface area contributed by atoms with Crippen molar-refractivity contribution in [3.63, 3.8) is 0 Å². The zero-order valence-corrected chi connectivity index (χ0v) is 11.8. The number of rotatable bonds is 9. The summed E-state index contributed by atoms with van der Waals surface area (Å²) in [7, 11) is 0. The Morgan fingerprint density at radius 3 is 2.35 bits per heavy atom. The smallest absolute Gasteiger partial charge is 0.140 e. The van der Waals surface area contributed by atoms with Gasteiger partial charge in [0.1, 0.15) is 5.84 Å². The van der Waals surface area contributed by atoms with Crippen LogP contribution in [0.4, 0.5) is 0 Å². The molecule has 0 saturated carbocycles. The second kappa shape index (κ2) is 9.28. The minimum atomic E-state index is 0.331. The number of nitrogens with zero attached hydrogens (tertiary/aromatic N) is 2. The van der Waals surface area contributed by atoms with Gasteiger partial charge in [-0.3, -0.25) is 4.90 Å². The molecule has 0 saturated heterocycles. The summed E-state index contributed by atoms with van der Waals surface area (Å²) >= 11 is 0. The van der Waals surface area contributed by atoms with E-state index in [0.717, 1.165) is 13.0 Å². The number of hydrogen-bond acceptors (Lipinski definition) is 3. The Morgan fingerprint density at radius 1 is 1.29 bits per heavy atom. The third-order valence-corrected chi connectivity index (χ3v) is 3.20. The van der Waals surface area contributed by atoms with Crippen molar-refractivity contribution >= 4 is 5.84 Å². The molecular formula is C13H29N3O. The molecular weight excluding hydrogens is 214 g/mol. The van der Waals surface area contributed by atoms with Gasteiger partial charge in [0.15, 0.2) is 0 Å². The molecule has 0 aliphatic rings. The average Bonchev–Trinajstić information content (AvgIpc) is 2.31. The van der Waals surface area contributed by atoms with E-state index < -0.39 is 0 Å². The van der Waals surface area contributed by atoms with Crippen LogP contribution in [0.2, 0.25) is 0 Å². The fourth-order valence-electron chi connectivity index (χ4n) is 2.19. The fourth-order valence-corrected chi connectivity index (χ4v) is 2.19. The lowest BCUT2D eigenvalue weighted by Gasteiger charge is -2.34. The molecule has 102 valence electrons. The Morgan fingerprint density at radius 2 is 1.94 bits per heavy atom. The second-order valence-electron chi connectivity index (χ2n) is 4.90. The normalized spacial score (nSPS) is 14.6. The molecule has 4 nitrogen and oxygen atoms in total. The third-order valence-electron chi connectivity index (χ3n) is 3.20. The van der Waals surface area contributed by atoms with E-state index in [1.54, 1.807) is 0 Å². The highest BCUT2D eigenvalue weighted by atomic mass is 16.4. The van der Waals surface area contributed by atoms with E-state index >= 15 is 0 Å². The summed E-state index contributed by atoms with van der Waals surface area (Å²) in [4.78, 5) is 2.47. The van der Waals surface area contributed by atoms with Crippen LogP contribution in [0.5, 0.6) is 0 Å². The summed E-state index contributed by atoms with van der Waals surface area (Å²) in [6, 6.07) is 0.881. The molecule has 1 unspecified atom stereocenters. The molecule has 3 N–H and O–H groups in total. The maximum atomic E-state index is 8.66. The summed E-state index contributed by atoms with van der Waals surface area (Å²) in [6.07, 6.45) is 5.41. The largest absolute Gasteiger partial charge is 0.409 e. The molecule has 0 heterocycles. The standard InChI is InChI=1S/C13H29N3O/c1-5-7-8-9-16(11(3)4)12(6-2)10-13(14)15-17/h11-12,17H,5-10H2,1-4H3,(H2,14,15). The molecule has 0 aromatic rings. The van der Waals surface area contributed by atoms with Gasteiger partial charge in [0.2, 0.25) is 0 Å². The van der Waals surface area contributed by atoms with Crippen LogP contribution in [0, 0.1) is 0 Å². The number of amidine groups is 1. The predicted octanol–water partition coefficient (Wildman–Crippen LogP) is 2.80. The number of hydrogen-bond donors (Lipinski definition) is 2. The molecule has 17 heavy (non-hydrogen) atoms. The van der Waals surface area contributed by atoms with Crippen LogP contribution in [-0.2, 0) is 0 Å². The molecule has 0 bridgehead atoms. The van der Waals surface area contributed by atoms with E-state index in [1.807, 2.05) is 0 Å². The number of oxime groups is 1. The van der Waals surface area contributed by atoms with Gasteiger partial charge in [0.25, 0.3) is 0 Å². The van der Waals surface area contributed by atoms with Crippen LogP contribution >= 0.6 is 0 Å². The number of nitrogens with two attached hydrogens (primary N) is 1. The molecule has 4 heteroatoms. The minimum Gasteiger partial charge on any atom is -0.409 e. The van der Waals surface area contributed by atoms with Crippen LogP contribution in [0.15, 0.2) is 5.16 Å². The van der Waals surface area contributed by atoms with Crippen molar-refractivity contribution in [2.45, 2.75) is 71.9 Å². The molecule has 0 aliphatic heterocycles. The van der Waals surface area contributed by atoms with Crippen LogP contribution in [0.3, 0.4) is 0 Å². The third kappa shape index (κ3) is 6.51. The van der Waals surface area contributed by atoms with Gasteiger partial charge in [-0.25, -0.2) is 0 Å². The molecule has 0 aliphatic carbocycles. The monoisotopic (exact) mass is 243 g/mol. The van der Waals surface area contributed by atoms with Gasteiger partial charge in [-0.15, -0.1) is 0 Å². The van der Waals surface area contributed by atoms with Crippen molar-refractivity contribution in [1.29, 1.82) is 0 Å². The van der Waals surface area contributed by atoms with Crippen LogP contribution in [-0.4, -0.2) is 34.6 Å². The van der Waals surface area contributed by atoms with Gasteiger partial charge in [0, 0.05) is 18.5 Å². The summed E-state index contributed by atoms with van der Waals surface area (Å²) in [5.74, 6) is 0.331. The Kier molecular flexibility index (Phi) is 8.86. The minimum absolute atomic E-state index is 0.331. The maximum absolute atomic E-state index is 8.66. The van der Waals surface area contributed by atoms with E-state index in [4.69, 9.17) is 10.9 Å². The highest BCUT2D eigenvalue weighted by Gasteiger charge is 2.20. The van der Waals surface area contributed by atoms with Crippen LogP contribution in [0.1, 0.15) is 59.8 Å². The second-order valence-corrected chi connectivity index (χ2v) is 4.90. The summed E-state index contributed by atoms with van der Waals surface area (Å²) in [5, 5.41) is 11.7. The van der Waals surface area contributed by atoms with Crippen molar-refractivity contribution < 1.29 is 5.21 Å². The molecule has 0 amide bonds. The van der Waals surface area contributed by atoms with E-state index in [9.17, 15) is 0 Å². The molecule has 0 fully saturated rings. The van der Waals surface area contributed by atoms with Gasteiger partial charge < -0.3 is 10.9 Å². The Bertz CT molecular complexity index is 217. The Balaban J connectivity index is 4.41. The van der Waals surface area contributed by atoms with Crippen molar-refractivity contribution in [2.24, 2.45) is 10.9 Å². The van der Waals surface area contributed by atoms with E-state index in [0.29, 0.717) is 24.3 Å². The Labute approximate surface area is 106 Å². The first-order valence-corrected chi connectivity index (χ1v) is 6.78. The lowest BCUT2D eigenvalue weighted by atomic mass is 10.1. The van der Waals surface area contributed by atoms with Crippen LogP contribution in [0.25, 0.3) is 0 Å². The topological polar surface area (TPSA) is 61.8 Å². The van der Waals surface area contributed by atoms with Gasteiger partial charge in [-0.1, -0.05) is 31.8 Å². The highest BCUT2D eigenvalue weighted by Crippen LogP contribution is 2.14. The first kappa shape index (κ1) is 16.2. The zero-order chi connectivity index (χ0) is 13.3. The maximum Gasteiger partial charge on any atom is 0.140 e. The van der Waals surface area contributed by atoms with Crippen LogP contribution < -0.4 is 5.73 Å². The first-order valence-electron chi connectivity index (χ1n) is 6.78. The molecule has 0 spiro atoms. The summed E-state index contributed by atoms with van der Waals surface area (Å²) in [6.45, 7) is 9.89. The van der Waals surface area contributed by atoms with E-state index in [2.05, 4.69) is 37.8 Å². The van der Waals surface area contributed by atoms with E-state index in [1.165, 1.54) is 19.3 Å². The van der Waals surface area contributed by atoms with Crippen molar-refractivity contribution in [3.05, 3.63) is 0 Å². The van der Waals surface area contributed by atoms with E-state index in [-0.39, 0.29) is 0 Å². The molecule has 0 rings (SSSR count). The molecule has 1 atom stereocenters. The van der Waals surface area contributed by atoms with Crippen molar-refractivity contribution in [3.8, 4) is 0 Å². The van der Waals surface area contributed by atoms with Gasteiger partial charge in [0.05, 0.1) is 0 Å². The number of unbranched alkanes of at least 4 members (excludes halogenated alkanes) is 2. The predicted molar refractivity (Wildman–Crippen MR) is 73.5 cm³/mol. The molecule has 0 aromatic heterocycles. The summed E-state index contributed by atoms with van der Waals surface area (Å²) < 4.78 is 0. The van der Waals surface area contributed by atoms with Gasteiger partial charge in [-0.2, -0.15) is 0 Å². The molecule has 0 aromatic carbocycles. The molecule has 0 radical (unpaired) electrons. The average molecular weight is 243 g/mol. The lowest BCUT2D eigenvalue weighted by Crippen LogP contribution is -2.42. The van der Waals surface area contributed by atoms with Crippen molar-refractivity contribution in [1.82, 2.24) is 4.90 Å². The lowest BCUT2D eigenvalue weighted by molar-refractivity contribution is 0.148. The van der Waals surface area contributed by atoms with Gasteiger partial charge in [-0.05, 0) is 33.2 Å². The first-order chi connectivity index (χ1) is 8.06.